The molecule has 1 aromatic carbocycles. The molecule has 0 atom stereocenters. The van der Waals surface area contributed by atoms with Crippen LogP contribution in [0.1, 0.15) is 5.01 Å². The van der Waals surface area contributed by atoms with E-state index in [0.717, 1.165) is 28.4 Å². The molecule has 3 nitrogen and oxygen atoms in total. The fraction of sp³-hybridized carbons (Fsp3) is 0.250. The van der Waals surface area contributed by atoms with Gasteiger partial charge in [-0.15, -0.1) is 11.3 Å². The van der Waals surface area contributed by atoms with E-state index in [9.17, 15) is 0 Å². The van der Waals surface area contributed by atoms with Gasteiger partial charge in [0.05, 0.1) is 17.8 Å². The van der Waals surface area contributed by atoms with Crippen LogP contribution in [-0.4, -0.2) is 18.6 Å². The predicted octanol–water partition coefficient (Wildman–Crippen LogP) is -0.676. The molecule has 0 unspecified atom stereocenters. The number of ether oxygens (including phenoxy) is 1. The summed E-state index contributed by atoms with van der Waals surface area (Å²) in [4.78, 5) is 4.52. The lowest BCUT2D eigenvalue weighted by Crippen LogP contribution is -3.00. The van der Waals surface area contributed by atoms with E-state index in [4.69, 9.17) is 10.5 Å². The molecule has 92 valence electrons. The van der Waals surface area contributed by atoms with Gasteiger partial charge in [0.1, 0.15) is 5.75 Å². The van der Waals surface area contributed by atoms with Gasteiger partial charge in [0.25, 0.3) is 0 Å². The Kier molecular flexibility index (Phi) is 5.41. The van der Waals surface area contributed by atoms with Crippen LogP contribution in [0.25, 0.3) is 11.3 Å². The van der Waals surface area contributed by atoms with Gasteiger partial charge in [-0.1, -0.05) is 0 Å². The van der Waals surface area contributed by atoms with Crippen molar-refractivity contribution in [1.29, 1.82) is 0 Å². The summed E-state index contributed by atoms with van der Waals surface area (Å²) in [5.74, 6) is 0.862. The van der Waals surface area contributed by atoms with E-state index in [0.29, 0.717) is 6.54 Å². The molecule has 2 rings (SSSR count). The van der Waals surface area contributed by atoms with Crippen LogP contribution >= 0.6 is 11.3 Å². The first-order valence-electron chi connectivity index (χ1n) is 5.12. The summed E-state index contributed by atoms with van der Waals surface area (Å²) in [5, 5.41) is 3.15. The summed E-state index contributed by atoms with van der Waals surface area (Å²) >= 11 is 1.66. The Balaban J connectivity index is 0.00000144. The van der Waals surface area contributed by atoms with Gasteiger partial charge in [-0.25, -0.2) is 4.98 Å². The van der Waals surface area contributed by atoms with Crippen molar-refractivity contribution in [2.45, 2.75) is 6.42 Å². The SMILES string of the molecule is COc1ccc(-c2csc(CCN)n2)cc1.[Cl-]. The summed E-state index contributed by atoms with van der Waals surface area (Å²) in [6.07, 6.45) is 0.848. The molecule has 0 aliphatic heterocycles. The van der Waals surface area contributed by atoms with Crippen molar-refractivity contribution in [3.63, 3.8) is 0 Å². The molecule has 0 spiro atoms. The van der Waals surface area contributed by atoms with Crippen LogP contribution in [0.5, 0.6) is 5.75 Å². The maximum absolute atomic E-state index is 5.50. The fourth-order valence-corrected chi connectivity index (χ4v) is 2.27. The highest BCUT2D eigenvalue weighted by Gasteiger charge is 2.03. The van der Waals surface area contributed by atoms with E-state index >= 15 is 0 Å². The monoisotopic (exact) mass is 269 g/mol. The molecule has 2 N–H and O–H groups in total. The third kappa shape index (κ3) is 3.43. The zero-order chi connectivity index (χ0) is 11.4. The summed E-state index contributed by atoms with van der Waals surface area (Å²) in [6, 6.07) is 7.91. The normalized spacial score (nSPS) is 9.76. The lowest BCUT2D eigenvalue weighted by atomic mass is 10.2. The summed E-state index contributed by atoms with van der Waals surface area (Å²) < 4.78 is 5.11. The average molecular weight is 270 g/mol. The summed E-state index contributed by atoms with van der Waals surface area (Å²) in [7, 11) is 1.66. The minimum atomic E-state index is 0. The number of benzene rings is 1. The van der Waals surface area contributed by atoms with Crippen molar-refractivity contribution in [1.82, 2.24) is 4.98 Å². The number of methoxy groups -OCH3 is 1. The molecule has 0 radical (unpaired) electrons. The van der Waals surface area contributed by atoms with Crippen molar-refractivity contribution in [2.24, 2.45) is 5.73 Å². The third-order valence-electron chi connectivity index (χ3n) is 2.30. The molecular weight excluding hydrogens is 256 g/mol. The molecule has 0 bridgehead atoms. The first kappa shape index (κ1) is 14.0. The van der Waals surface area contributed by atoms with Crippen molar-refractivity contribution in [3.05, 3.63) is 34.7 Å². The van der Waals surface area contributed by atoms with Gasteiger partial charge in [0, 0.05) is 17.4 Å². The van der Waals surface area contributed by atoms with E-state index in [1.54, 1.807) is 18.4 Å². The number of nitrogens with zero attached hydrogens (tertiary/aromatic N) is 1. The van der Waals surface area contributed by atoms with E-state index in [2.05, 4.69) is 10.4 Å². The van der Waals surface area contributed by atoms with Gasteiger partial charge >= 0.3 is 0 Å². The third-order valence-corrected chi connectivity index (χ3v) is 3.20. The highest BCUT2D eigenvalue weighted by atomic mass is 35.5. The molecule has 0 saturated carbocycles. The van der Waals surface area contributed by atoms with E-state index in [-0.39, 0.29) is 12.4 Å². The van der Waals surface area contributed by atoms with Crippen LogP contribution in [0, 0.1) is 0 Å². The van der Waals surface area contributed by atoms with E-state index in [1.807, 2.05) is 24.3 Å². The van der Waals surface area contributed by atoms with Crippen LogP contribution in [0.4, 0.5) is 0 Å². The van der Waals surface area contributed by atoms with Gasteiger partial charge in [-0.2, -0.15) is 0 Å². The predicted molar refractivity (Wildman–Crippen MR) is 66.9 cm³/mol. The van der Waals surface area contributed by atoms with Crippen LogP contribution in [0.15, 0.2) is 29.6 Å². The van der Waals surface area contributed by atoms with E-state index in [1.165, 1.54) is 0 Å². The minimum Gasteiger partial charge on any atom is -1.00 e. The standard InChI is InChI=1S/C12H14N2OS.ClH/c1-15-10-4-2-9(3-5-10)11-8-16-12(14-11)6-7-13;/h2-5,8H,6-7,13H2,1H3;1H/p-1. The largest absolute Gasteiger partial charge is 1.00 e. The van der Waals surface area contributed by atoms with Crippen LogP contribution in [0.3, 0.4) is 0 Å². The number of hydrogen-bond acceptors (Lipinski definition) is 4. The second kappa shape index (κ2) is 6.59. The summed E-state index contributed by atoms with van der Waals surface area (Å²) in [5.41, 5.74) is 7.62. The molecule has 1 heterocycles. The number of hydrogen-bond donors (Lipinski definition) is 1. The Hall–Kier alpha value is -1.10. The van der Waals surface area contributed by atoms with Gasteiger partial charge in [0.15, 0.2) is 0 Å². The molecule has 1 aromatic heterocycles. The van der Waals surface area contributed by atoms with Gasteiger partial charge in [0.2, 0.25) is 0 Å². The van der Waals surface area contributed by atoms with Crippen molar-refractivity contribution in [2.75, 3.05) is 13.7 Å². The topological polar surface area (TPSA) is 48.1 Å². The van der Waals surface area contributed by atoms with Gasteiger partial charge in [-0.05, 0) is 30.8 Å². The first-order valence-corrected chi connectivity index (χ1v) is 6.00. The molecule has 0 fully saturated rings. The van der Waals surface area contributed by atoms with Gasteiger partial charge in [-0.3, -0.25) is 0 Å². The molecule has 2 aromatic rings. The molecule has 0 aliphatic carbocycles. The molecule has 0 saturated heterocycles. The Bertz CT molecular complexity index is 456. The first-order chi connectivity index (χ1) is 7.83. The summed E-state index contributed by atoms with van der Waals surface area (Å²) in [6.45, 7) is 0.648. The van der Waals surface area contributed by atoms with Crippen LogP contribution in [0.2, 0.25) is 0 Å². The zero-order valence-corrected chi connectivity index (χ0v) is 11.1. The minimum absolute atomic E-state index is 0. The van der Waals surface area contributed by atoms with Crippen molar-refractivity contribution >= 4 is 11.3 Å². The molecule has 17 heavy (non-hydrogen) atoms. The molecule has 5 heteroatoms. The molecule has 0 aliphatic rings. The second-order valence-corrected chi connectivity index (χ2v) is 4.34. The number of rotatable bonds is 4. The highest BCUT2D eigenvalue weighted by Crippen LogP contribution is 2.24. The number of aromatic nitrogens is 1. The number of thiazole rings is 1. The van der Waals surface area contributed by atoms with E-state index < -0.39 is 0 Å². The Labute approximate surface area is 111 Å². The second-order valence-electron chi connectivity index (χ2n) is 3.39. The smallest absolute Gasteiger partial charge is 0.118 e. The van der Waals surface area contributed by atoms with Crippen molar-refractivity contribution in [3.8, 4) is 17.0 Å². The Morgan fingerprint density at radius 2 is 2.00 bits per heavy atom. The van der Waals surface area contributed by atoms with Crippen molar-refractivity contribution < 1.29 is 17.1 Å². The fourth-order valence-electron chi connectivity index (χ4n) is 1.44. The number of nitrogens with two attached hydrogens (primary N) is 1. The Morgan fingerprint density at radius 3 is 2.59 bits per heavy atom. The van der Waals surface area contributed by atoms with Crippen LogP contribution < -0.4 is 22.9 Å². The lowest BCUT2D eigenvalue weighted by Gasteiger charge is -2.00. The zero-order valence-electron chi connectivity index (χ0n) is 9.52. The molecular formula is C12H14ClN2OS-. The number of halogens is 1. The Morgan fingerprint density at radius 1 is 1.29 bits per heavy atom. The maximum Gasteiger partial charge on any atom is 0.118 e. The van der Waals surface area contributed by atoms with Gasteiger partial charge < -0.3 is 22.9 Å². The quantitative estimate of drug-likeness (QED) is 0.801. The lowest BCUT2D eigenvalue weighted by molar-refractivity contribution is -0.00000366. The van der Waals surface area contributed by atoms with Crippen LogP contribution in [-0.2, 0) is 6.42 Å². The average Bonchev–Trinajstić information content (AvgIpc) is 2.78. The molecule has 0 amide bonds. The maximum atomic E-state index is 5.50. The highest BCUT2D eigenvalue weighted by molar-refractivity contribution is 7.09.